The van der Waals surface area contributed by atoms with Crippen molar-refractivity contribution in [3.05, 3.63) is 41.6 Å². The number of nitrogens with zero attached hydrogens (tertiary/aromatic N) is 2. The van der Waals surface area contributed by atoms with E-state index in [1.54, 1.807) is 0 Å². The summed E-state index contributed by atoms with van der Waals surface area (Å²) in [7, 11) is 2.15. The van der Waals surface area contributed by atoms with E-state index in [1.807, 2.05) is 4.90 Å². The molecule has 2 aliphatic rings. The summed E-state index contributed by atoms with van der Waals surface area (Å²) in [6.45, 7) is 6.47. The van der Waals surface area contributed by atoms with Crippen LogP contribution in [-0.4, -0.2) is 58.9 Å². The average molecular weight is 406 g/mol. The van der Waals surface area contributed by atoms with Gasteiger partial charge in [0.15, 0.2) is 0 Å². The van der Waals surface area contributed by atoms with Crippen LogP contribution in [0.2, 0.25) is 0 Å². The molecule has 2 atom stereocenters. The van der Waals surface area contributed by atoms with Gasteiger partial charge in [0.2, 0.25) is 5.91 Å². The van der Waals surface area contributed by atoms with Crippen LogP contribution in [0.1, 0.15) is 27.8 Å². The summed E-state index contributed by atoms with van der Waals surface area (Å²) in [4.78, 5) is 20.6. The minimum absolute atomic E-state index is 0. The predicted octanol–water partition coefficient (Wildman–Crippen LogP) is -3.69. The van der Waals surface area contributed by atoms with E-state index in [9.17, 15) is 4.79 Å². The summed E-state index contributed by atoms with van der Waals surface area (Å²) in [6, 6.07) is 6.82. The summed E-state index contributed by atoms with van der Waals surface area (Å²) < 4.78 is 0. The van der Waals surface area contributed by atoms with E-state index in [2.05, 4.69) is 61.3 Å². The van der Waals surface area contributed by atoms with Gasteiger partial charge in [0.05, 0.1) is 5.92 Å². The molecule has 5 nitrogen and oxygen atoms in total. The third-order valence-electron chi connectivity index (χ3n) is 5.66. The van der Waals surface area contributed by atoms with Gasteiger partial charge in [-0.2, -0.15) is 0 Å². The molecule has 7 heteroatoms. The van der Waals surface area contributed by atoms with Crippen molar-refractivity contribution in [3.63, 3.8) is 0 Å². The Labute approximate surface area is 228 Å². The number of benzene rings is 1. The predicted molar refractivity (Wildman–Crippen MR) is 104 cm³/mol. The molecule has 0 fully saturated rings. The molecule has 0 bridgehead atoms. The molecule has 0 saturated carbocycles. The molecule has 1 aliphatic carbocycles. The van der Waals surface area contributed by atoms with Crippen molar-refractivity contribution < 1.29 is 94.1 Å². The molecule has 3 N–H and O–H groups in total. The third-order valence-corrected chi connectivity index (χ3v) is 5.66. The number of H-pyrrole nitrogens is 1. The maximum absolute atomic E-state index is 12.9. The molecule has 0 spiro atoms. The van der Waals surface area contributed by atoms with Gasteiger partial charge in [0.25, 0.3) is 0 Å². The van der Waals surface area contributed by atoms with E-state index in [0.29, 0.717) is 6.04 Å². The van der Waals surface area contributed by atoms with Crippen LogP contribution < -0.4 is 80.9 Å². The number of fused-ring (bicyclic) bond motifs is 2. The van der Waals surface area contributed by atoms with Gasteiger partial charge in [-0.15, -0.1) is 0 Å². The molecular formula is C20H29KN3NaO2. The van der Waals surface area contributed by atoms with Crippen molar-refractivity contribution in [2.75, 3.05) is 26.7 Å². The van der Waals surface area contributed by atoms with Crippen LogP contribution in [0.5, 0.6) is 0 Å². The monoisotopic (exact) mass is 405 g/mol. The summed E-state index contributed by atoms with van der Waals surface area (Å²) in [5.41, 5.74) is 5.21. The molecule has 2 aromatic rings. The van der Waals surface area contributed by atoms with Gasteiger partial charge in [0, 0.05) is 42.8 Å². The van der Waals surface area contributed by atoms with Crippen molar-refractivity contribution in [3.8, 4) is 0 Å². The second-order valence-corrected chi connectivity index (χ2v) is 6.94. The Morgan fingerprint density at radius 2 is 2.04 bits per heavy atom. The number of carbonyl (C=O) groups is 1. The first-order chi connectivity index (χ1) is 11.6. The number of nitrogens with one attached hydrogen (secondary N) is 1. The fourth-order valence-electron chi connectivity index (χ4n) is 4.38. The van der Waals surface area contributed by atoms with E-state index < -0.39 is 0 Å². The van der Waals surface area contributed by atoms with Crippen LogP contribution in [0, 0.1) is 5.92 Å². The second-order valence-electron chi connectivity index (χ2n) is 6.94. The Hall–Kier alpha value is 0.526. The van der Waals surface area contributed by atoms with Gasteiger partial charge in [-0.1, -0.05) is 18.2 Å². The first-order valence-electron chi connectivity index (χ1n) is 8.94. The van der Waals surface area contributed by atoms with E-state index >= 15 is 0 Å². The molecule has 1 aromatic carbocycles. The van der Waals surface area contributed by atoms with Crippen molar-refractivity contribution in [1.29, 1.82) is 0 Å². The third kappa shape index (κ3) is 4.50. The van der Waals surface area contributed by atoms with Gasteiger partial charge in [-0.3, -0.25) is 9.69 Å². The number of hydrogen-bond donors (Lipinski definition) is 1. The smallest absolute Gasteiger partial charge is 1.00 e. The number of aromatic amines is 1. The fourth-order valence-corrected chi connectivity index (χ4v) is 4.38. The molecule has 27 heavy (non-hydrogen) atoms. The van der Waals surface area contributed by atoms with Crippen LogP contribution in [0.15, 0.2) is 30.5 Å². The van der Waals surface area contributed by atoms with Gasteiger partial charge in [0.1, 0.15) is 0 Å². The number of amides is 1. The topological polar surface area (TPSA) is 70.8 Å². The van der Waals surface area contributed by atoms with Crippen LogP contribution in [0.3, 0.4) is 0 Å². The number of hydrogen-bond acceptors (Lipinski definition) is 2. The molecule has 2 heterocycles. The van der Waals surface area contributed by atoms with Gasteiger partial charge < -0.3 is 18.2 Å². The summed E-state index contributed by atoms with van der Waals surface area (Å²) >= 11 is 0. The Morgan fingerprint density at radius 1 is 1.33 bits per heavy atom. The second kappa shape index (κ2) is 10.5. The molecule has 4 rings (SSSR count). The number of carbonyl (C=O) groups excluding carboxylic acids is 1. The maximum Gasteiger partial charge on any atom is 1.00 e. The molecule has 138 valence electrons. The van der Waals surface area contributed by atoms with Crippen LogP contribution >= 0.6 is 0 Å². The standard InChI is InChI=1S/C20H25N3O.K.Na.H2O.2H/c1-4-23(5-2)20(24)14-9-16-15-7-6-8-17-19(15)13(11-21-17)10-18(16)22(3)12-14;;;;;/h6-9,11,14,18,21H,4-5,10,12H2,1-3H3;;;1H2;;/q;2*+1;;2*-1/t14-,18-;;;;;/m1...../s1. The van der Waals surface area contributed by atoms with E-state index in [4.69, 9.17) is 0 Å². The maximum atomic E-state index is 12.9. The van der Waals surface area contributed by atoms with Gasteiger partial charge in [-0.25, -0.2) is 0 Å². The molecule has 1 amide bonds. The number of aromatic nitrogens is 1. The minimum atomic E-state index is -0.0445. The van der Waals surface area contributed by atoms with Crippen molar-refractivity contribution in [1.82, 2.24) is 14.8 Å². The van der Waals surface area contributed by atoms with Crippen molar-refractivity contribution in [2.24, 2.45) is 5.92 Å². The molecule has 0 saturated heterocycles. The zero-order chi connectivity index (χ0) is 16.8. The molecular weight excluding hydrogens is 376 g/mol. The Kier molecular flexibility index (Phi) is 9.96. The Morgan fingerprint density at radius 3 is 2.70 bits per heavy atom. The quantitative estimate of drug-likeness (QED) is 0.535. The average Bonchev–Trinajstić information content (AvgIpc) is 3.01. The van der Waals surface area contributed by atoms with Crippen molar-refractivity contribution >= 4 is 22.4 Å². The molecule has 0 radical (unpaired) electrons. The van der Waals surface area contributed by atoms with Crippen LogP contribution in [0.4, 0.5) is 0 Å². The number of rotatable bonds is 3. The van der Waals surface area contributed by atoms with E-state index in [0.717, 1.165) is 26.1 Å². The first kappa shape index (κ1) is 25.6. The zero-order valence-electron chi connectivity index (χ0n) is 19.2. The van der Waals surface area contributed by atoms with E-state index in [1.165, 1.54) is 27.6 Å². The minimum Gasteiger partial charge on any atom is -1.00 e. The number of likely N-dealkylation sites (N-methyl/N-ethyl adjacent to an activating group) is 1. The van der Waals surface area contributed by atoms with Crippen LogP contribution in [0.25, 0.3) is 16.5 Å². The molecule has 1 aromatic heterocycles. The molecule has 1 aliphatic heterocycles. The zero-order valence-corrected chi connectivity index (χ0v) is 22.3. The Balaban J connectivity index is 0. The van der Waals surface area contributed by atoms with Gasteiger partial charge in [-0.05, 0) is 50.1 Å². The Bertz CT molecular complexity index is 842. The molecule has 0 unspecified atom stereocenters. The summed E-state index contributed by atoms with van der Waals surface area (Å²) in [5, 5.41) is 1.34. The largest absolute Gasteiger partial charge is 1.00 e. The van der Waals surface area contributed by atoms with Crippen molar-refractivity contribution in [2.45, 2.75) is 26.3 Å². The summed E-state index contributed by atoms with van der Waals surface area (Å²) in [5.74, 6) is 0.210. The first-order valence-corrected chi connectivity index (χ1v) is 8.94. The van der Waals surface area contributed by atoms with Gasteiger partial charge >= 0.3 is 80.9 Å². The summed E-state index contributed by atoms with van der Waals surface area (Å²) in [6.07, 6.45) is 5.41. The van der Waals surface area contributed by atoms with Crippen LogP contribution in [-0.2, 0) is 11.2 Å². The normalized spacial score (nSPS) is 20.5. The fraction of sp³-hybridized carbons (Fsp3) is 0.450. The van der Waals surface area contributed by atoms with E-state index in [-0.39, 0.29) is 101 Å². The SMILES string of the molecule is CCN(CC)C(=O)[C@@H]1C=C2c3cccc4[nH]cc(c34)C[C@H]2N(C)C1.O.[H-].[H-].[K+].[Na+].